The standard InChI is InChI=1S/C9H13N3/c1-8-4-3-7-12(8)9-5-2-6-10-11-9/h2,5-6,8H,3-4,7H2,1H3. The number of hydrogen-bond acceptors (Lipinski definition) is 3. The highest BCUT2D eigenvalue weighted by Crippen LogP contribution is 2.21. The van der Waals surface area contributed by atoms with Gasteiger partial charge in [-0.3, -0.25) is 0 Å². The molecule has 64 valence electrons. The first-order valence-electron chi connectivity index (χ1n) is 4.42. The molecule has 2 rings (SSSR count). The van der Waals surface area contributed by atoms with Crippen LogP contribution in [-0.4, -0.2) is 22.8 Å². The van der Waals surface area contributed by atoms with Gasteiger partial charge in [-0.2, -0.15) is 5.10 Å². The van der Waals surface area contributed by atoms with Crippen molar-refractivity contribution in [3.8, 4) is 0 Å². The molecule has 1 saturated heterocycles. The molecule has 1 aliphatic heterocycles. The van der Waals surface area contributed by atoms with Crippen molar-refractivity contribution in [3.63, 3.8) is 0 Å². The summed E-state index contributed by atoms with van der Waals surface area (Å²) in [6.07, 6.45) is 4.26. The van der Waals surface area contributed by atoms with E-state index in [1.165, 1.54) is 12.8 Å². The number of nitrogens with zero attached hydrogens (tertiary/aromatic N) is 3. The maximum atomic E-state index is 4.09. The second kappa shape index (κ2) is 3.09. The van der Waals surface area contributed by atoms with Gasteiger partial charge in [0, 0.05) is 18.8 Å². The highest BCUT2D eigenvalue weighted by Gasteiger charge is 2.20. The smallest absolute Gasteiger partial charge is 0.151 e. The van der Waals surface area contributed by atoms with E-state index in [2.05, 4.69) is 22.0 Å². The van der Waals surface area contributed by atoms with E-state index in [1.54, 1.807) is 6.20 Å². The van der Waals surface area contributed by atoms with Gasteiger partial charge < -0.3 is 4.90 Å². The van der Waals surface area contributed by atoms with E-state index in [4.69, 9.17) is 0 Å². The molecule has 3 nitrogen and oxygen atoms in total. The van der Waals surface area contributed by atoms with Gasteiger partial charge in [0.15, 0.2) is 5.82 Å². The minimum Gasteiger partial charge on any atom is -0.352 e. The zero-order valence-corrected chi connectivity index (χ0v) is 7.27. The average Bonchev–Trinajstić information content (AvgIpc) is 2.53. The topological polar surface area (TPSA) is 29.0 Å². The van der Waals surface area contributed by atoms with Gasteiger partial charge in [-0.1, -0.05) is 0 Å². The molecular weight excluding hydrogens is 150 g/mol. The lowest BCUT2D eigenvalue weighted by Crippen LogP contribution is -2.27. The summed E-state index contributed by atoms with van der Waals surface area (Å²) in [5.74, 6) is 1.02. The summed E-state index contributed by atoms with van der Waals surface area (Å²) in [5, 5.41) is 7.96. The molecule has 1 unspecified atom stereocenters. The monoisotopic (exact) mass is 163 g/mol. The van der Waals surface area contributed by atoms with Gasteiger partial charge in [0.2, 0.25) is 0 Å². The quantitative estimate of drug-likeness (QED) is 0.627. The molecule has 0 spiro atoms. The number of aromatic nitrogens is 2. The fourth-order valence-electron chi connectivity index (χ4n) is 1.72. The maximum Gasteiger partial charge on any atom is 0.151 e. The van der Waals surface area contributed by atoms with Crippen LogP contribution in [0, 0.1) is 0 Å². The van der Waals surface area contributed by atoms with Crippen molar-refractivity contribution in [2.24, 2.45) is 0 Å². The summed E-state index contributed by atoms with van der Waals surface area (Å²) >= 11 is 0. The molecule has 0 amide bonds. The predicted molar refractivity (Wildman–Crippen MR) is 48.1 cm³/mol. The Morgan fingerprint density at radius 2 is 2.50 bits per heavy atom. The van der Waals surface area contributed by atoms with Crippen molar-refractivity contribution in [2.45, 2.75) is 25.8 Å². The fourth-order valence-corrected chi connectivity index (χ4v) is 1.72. The summed E-state index contributed by atoms with van der Waals surface area (Å²) in [7, 11) is 0. The fraction of sp³-hybridized carbons (Fsp3) is 0.556. The Bertz CT molecular complexity index is 247. The maximum absolute atomic E-state index is 4.09. The summed E-state index contributed by atoms with van der Waals surface area (Å²) in [4.78, 5) is 2.31. The molecule has 0 bridgehead atoms. The second-order valence-electron chi connectivity index (χ2n) is 3.27. The van der Waals surface area contributed by atoms with Crippen LogP contribution in [0.1, 0.15) is 19.8 Å². The van der Waals surface area contributed by atoms with Crippen molar-refractivity contribution >= 4 is 5.82 Å². The zero-order chi connectivity index (χ0) is 8.39. The zero-order valence-electron chi connectivity index (χ0n) is 7.27. The van der Waals surface area contributed by atoms with Crippen LogP contribution in [0.2, 0.25) is 0 Å². The first-order valence-corrected chi connectivity index (χ1v) is 4.42. The Hall–Kier alpha value is -1.12. The van der Waals surface area contributed by atoms with Crippen molar-refractivity contribution in [1.82, 2.24) is 10.2 Å². The van der Waals surface area contributed by atoms with Gasteiger partial charge in [0.1, 0.15) is 0 Å². The number of rotatable bonds is 1. The minimum absolute atomic E-state index is 0.627. The van der Waals surface area contributed by atoms with Gasteiger partial charge in [0.05, 0.1) is 0 Å². The Balaban J connectivity index is 2.19. The molecule has 12 heavy (non-hydrogen) atoms. The van der Waals surface area contributed by atoms with Crippen LogP contribution >= 0.6 is 0 Å². The van der Waals surface area contributed by atoms with Crippen molar-refractivity contribution in [2.75, 3.05) is 11.4 Å². The van der Waals surface area contributed by atoms with Gasteiger partial charge in [-0.15, -0.1) is 5.10 Å². The van der Waals surface area contributed by atoms with E-state index in [9.17, 15) is 0 Å². The van der Waals surface area contributed by atoms with Crippen LogP contribution in [0.5, 0.6) is 0 Å². The summed E-state index contributed by atoms with van der Waals surface area (Å²) in [5.41, 5.74) is 0. The van der Waals surface area contributed by atoms with Gasteiger partial charge in [-0.05, 0) is 31.9 Å². The van der Waals surface area contributed by atoms with E-state index >= 15 is 0 Å². The van der Waals surface area contributed by atoms with E-state index in [0.717, 1.165) is 12.4 Å². The van der Waals surface area contributed by atoms with Crippen LogP contribution in [-0.2, 0) is 0 Å². The average molecular weight is 163 g/mol. The molecule has 1 fully saturated rings. The molecule has 1 atom stereocenters. The van der Waals surface area contributed by atoms with Crippen LogP contribution in [0.25, 0.3) is 0 Å². The summed E-state index contributed by atoms with van der Waals surface area (Å²) in [6, 6.07) is 4.59. The molecule has 1 aliphatic rings. The highest BCUT2D eigenvalue weighted by atomic mass is 15.3. The van der Waals surface area contributed by atoms with E-state index < -0.39 is 0 Å². The highest BCUT2D eigenvalue weighted by molar-refractivity contribution is 5.38. The predicted octanol–water partition coefficient (Wildman–Crippen LogP) is 1.47. The van der Waals surface area contributed by atoms with Gasteiger partial charge >= 0.3 is 0 Å². The SMILES string of the molecule is CC1CCCN1c1cccnn1. The first kappa shape index (κ1) is 7.53. The third-order valence-corrected chi connectivity index (χ3v) is 2.41. The lowest BCUT2D eigenvalue weighted by Gasteiger charge is -2.21. The first-order chi connectivity index (χ1) is 5.88. The van der Waals surface area contributed by atoms with E-state index in [0.29, 0.717) is 6.04 Å². The molecule has 2 heterocycles. The molecule has 0 aliphatic carbocycles. The molecule has 0 radical (unpaired) electrons. The molecule has 0 aromatic carbocycles. The van der Waals surface area contributed by atoms with Crippen LogP contribution in [0.3, 0.4) is 0 Å². The van der Waals surface area contributed by atoms with Crippen LogP contribution in [0.4, 0.5) is 5.82 Å². The molecule has 1 aromatic heterocycles. The van der Waals surface area contributed by atoms with Gasteiger partial charge in [-0.25, -0.2) is 0 Å². The lowest BCUT2D eigenvalue weighted by atomic mass is 10.2. The third-order valence-electron chi connectivity index (χ3n) is 2.41. The van der Waals surface area contributed by atoms with E-state index in [-0.39, 0.29) is 0 Å². The Morgan fingerprint density at radius 1 is 1.58 bits per heavy atom. The molecular formula is C9H13N3. The molecule has 0 N–H and O–H groups in total. The van der Waals surface area contributed by atoms with Crippen molar-refractivity contribution in [3.05, 3.63) is 18.3 Å². The summed E-state index contributed by atoms with van der Waals surface area (Å²) < 4.78 is 0. The Labute approximate surface area is 72.4 Å². The molecule has 1 aromatic rings. The van der Waals surface area contributed by atoms with E-state index in [1.807, 2.05) is 12.1 Å². The Morgan fingerprint density at radius 3 is 3.08 bits per heavy atom. The summed E-state index contributed by atoms with van der Waals surface area (Å²) in [6.45, 7) is 3.36. The number of hydrogen-bond donors (Lipinski definition) is 0. The molecule has 3 heteroatoms. The van der Waals surface area contributed by atoms with Gasteiger partial charge in [0.25, 0.3) is 0 Å². The largest absolute Gasteiger partial charge is 0.352 e. The number of anilines is 1. The Kier molecular flexibility index (Phi) is 1.94. The molecule has 0 saturated carbocycles. The second-order valence-corrected chi connectivity index (χ2v) is 3.27. The van der Waals surface area contributed by atoms with Crippen molar-refractivity contribution < 1.29 is 0 Å². The lowest BCUT2D eigenvalue weighted by molar-refractivity contribution is 0.721. The van der Waals surface area contributed by atoms with Crippen LogP contribution < -0.4 is 4.90 Å². The third kappa shape index (κ3) is 1.26. The van der Waals surface area contributed by atoms with Crippen LogP contribution in [0.15, 0.2) is 18.3 Å². The minimum atomic E-state index is 0.627. The normalized spacial score (nSPS) is 23.1. The van der Waals surface area contributed by atoms with Crippen molar-refractivity contribution in [1.29, 1.82) is 0 Å².